The van der Waals surface area contributed by atoms with Crippen LogP contribution in [-0.2, 0) is 6.61 Å². The summed E-state index contributed by atoms with van der Waals surface area (Å²) in [5.74, 6) is -2.10. The van der Waals surface area contributed by atoms with Crippen molar-refractivity contribution in [1.82, 2.24) is 0 Å². The molecule has 0 aliphatic heterocycles. The van der Waals surface area contributed by atoms with Gasteiger partial charge in [0.1, 0.15) is 12.2 Å². The Balaban J connectivity index is 2.27. The Hall–Kier alpha value is -2.36. The maximum absolute atomic E-state index is 13.7. The summed E-state index contributed by atoms with van der Waals surface area (Å²) < 4.78 is 19.1. The molecule has 0 fully saturated rings. The lowest BCUT2D eigenvalue weighted by Gasteiger charge is -2.12. The van der Waals surface area contributed by atoms with Crippen molar-refractivity contribution >= 4 is 5.97 Å². The van der Waals surface area contributed by atoms with E-state index >= 15 is 0 Å². The van der Waals surface area contributed by atoms with Crippen LogP contribution in [-0.4, -0.2) is 11.1 Å². The van der Waals surface area contributed by atoms with E-state index in [1.54, 1.807) is 0 Å². The zero-order valence-corrected chi connectivity index (χ0v) is 11.3. The van der Waals surface area contributed by atoms with Crippen molar-refractivity contribution in [3.8, 4) is 5.75 Å². The molecule has 0 radical (unpaired) electrons. The third-order valence-electron chi connectivity index (χ3n) is 3.07. The van der Waals surface area contributed by atoms with E-state index in [1.807, 2.05) is 32.0 Å². The predicted octanol–water partition coefficient (Wildman–Crippen LogP) is 3.72. The molecule has 0 atom stereocenters. The molecule has 0 aromatic heterocycles. The van der Waals surface area contributed by atoms with E-state index in [0.29, 0.717) is 0 Å². The monoisotopic (exact) mass is 274 g/mol. The zero-order chi connectivity index (χ0) is 14.7. The SMILES string of the molecule is Cc1ccc(C)c(COc2c(F)cccc2C(=O)O)c1. The third-order valence-corrected chi connectivity index (χ3v) is 3.07. The van der Waals surface area contributed by atoms with Crippen molar-refractivity contribution in [1.29, 1.82) is 0 Å². The van der Waals surface area contributed by atoms with Gasteiger partial charge >= 0.3 is 5.97 Å². The van der Waals surface area contributed by atoms with Gasteiger partial charge < -0.3 is 9.84 Å². The number of halogens is 1. The van der Waals surface area contributed by atoms with Gasteiger partial charge in [-0.2, -0.15) is 0 Å². The molecular weight excluding hydrogens is 259 g/mol. The topological polar surface area (TPSA) is 46.5 Å². The predicted molar refractivity (Wildman–Crippen MR) is 73.6 cm³/mol. The van der Waals surface area contributed by atoms with Crippen molar-refractivity contribution in [2.24, 2.45) is 0 Å². The van der Waals surface area contributed by atoms with E-state index in [0.717, 1.165) is 16.7 Å². The molecule has 3 nitrogen and oxygen atoms in total. The molecule has 0 saturated heterocycles. The van der Waals surface area contributed by atoms with E-state index in [4.69, 9.17) is 9.84 Å². The highest BCUT2D eigenvalue weighted by atomic mass is 19.1. The van der Waals surface area contributed by atoms with Crippen molar-refractivity contribution in [2.75, 3.05) is 0 Å². The number of hydrogen-bond acceptors (Lipinski definition) is 2. The van der Waals surface area contributed by atoms with Crippen LogP contribution in [0.1, 0.15) is 27.0 Å². The molecule has 0 aliphatic rings. The van der Waals surface area contributed by atoms with E-state index in [1.165, 1.54) is 18.2 Å². The van der Waals surface area contributed by atoms with Crippen molar-refractivity contribution < 1.29 is 19.0 Å². The number of aromatic carboxylic acids is 1. The highest BCUT2D eigenvalue weighted by Gasteiger charge is 2.16. The fraction of sp³-hybridized carbons (Fsp3) is 0.188. The van der Waals surface area contributed by atoms with Gasteiger partial charge in [-0.15, -0.1) is 0 Å². The summed E-state index contributed by atoms with van der Waals surface area (Å²) in [5.41, 5.74) is 2.82. The molecular formula is C16H15FO3. The average molecular weight is 274 g/mol. The molecule has 20 heavy (non-hydrogen) atoms. The Bertz CT molecular complexity index is 650. The van der Waals surface area contributed by atoms with Crippen molar-refractivity contribution in [3.05, 3.63) is 64.5 Å². The second-order valence-corrected chi connectivity index (χ2v) is 4.64. The van der Waals surface area contributed by atoms with Crippen LogP contribution in [0.4, 0.5) is 4.39 Å². The Morgan fingerprint density at radius 3 is 2.70 bits per heavy atom. The Kier molecular flexibility index (Phi) is 4.03. The maximum atomic E-state index is 13.7. The zero-order valence-electron chi connectivity index (χ0n) is 11.3. The minimum absolute atomic E-state index is 0.134. The van der Waals surface area contributed by atoms with Gasteiger partial charge in [0.2, 0.25) is 0 Å². The fourth-order valence-electron chi connectivity index (χ4n) is 1.93. The second-order valence-electron chi connectivity index (χ2n) is 4.64. The number of carboxylic acids is 1. The molecule has 2 rings (SSSR count). The number of rotatable bonds is 4. The van der Waals surface area contributed by atoms with Gasteiger partial charge in [-0.05, 0) is 37.1 Å². The number of carbonyl (C=O) groups is 1. The van der Waals surface area contributed by atoms with Gasteiger partial charge in [0.25, 0.3) is 0 Å². The molecule has 0 saturated carbocycles. The molecule has 0 unspecified atom stereocenters. The smallest absolute Gasteiger partial charge is 0.339 e. The van der Waals surface area contributed by atoms with Gasteiger partial charge in [0, 0.05) is 0 Å². The number of ether oxygens (including phenoxy) is 1. The van der Waals surface area contributed by atoms with Gasteiger partial charge in [0.05, 0.1) is 0 Å². The Morgan fingerprint density at radius 1 is 1.25 bits per heavy atom. The fourth-order valence-corrected chi connectivity index (χ4v) is 1.93. The maximum Gasteiger partial charge on any atom is 0.339 e. The first kappa shape index (κ1) is 14.1. The highest BCUT2D eigenvalue weighted by molar-refractivity contribution is 5.90. The molecule has 0 amide bonds. The molecule has 2 aromatic carbocycles. The van der Waals surface area contributed by atoms with Gasteiger partial charge in [-0.25, -0.2) is 9.18 Å². The minimum atomic E-state index is -1.21. The summed E-state index contributed by atoms with van der Waals surface area (Å²) in [6.07, 6.45) is 0. The van der Waals surface area contributed by atoms with Gasteiger partial charge in [-0.3, -0.25) is 0 Å². The van der Waals surface area contributed by atoms with Crippen molar-refractivity contribution in [3.63, 3.8) is 0 Å². The summed E-state index contributed by atoms with van der Waals surface area (Å²) in [7, 11) is 0. The number of carboxylic acid groups (broad SMARTS) is 1. The highest BCUT2D eigenvalue weighted by Crippen LogP contribution is 2.24. The first-order chi connectivity index (χ1) is 9.49. The normalized spacial score (nSPS) is 10.3. The van der Waals surface area contributed by atoms with Crippen LogP contribution >= 0.6 is 0 Å². The number of aryl methyl sites for hydroxylation is 2. The molecule has 2 aromatic rings. The minimum Gasteiger partial charge on any atom is -0.485 e. The average Bonchev–Trinajstić information content (AvgIpc) is 2.40. The third kappa shape index (κ3) is 2.96. The van der Waals surface area contributed by atoms with Crippen LogP contribution in [0.25, 0.3) is 0 Å². The van der Waals surface area contributed by atoms with E-state index in [2.05, 4.69) is 0 Å². The molecule has 0 bridgehead atoms. The van der Waals surface area contributed by atoms with E-state index in [9.17, 15) is 9.18 Å². The van der Waals surface area contributed by atoms with Crippen LogP contribution in [0.3, 0.4) is 0 Å². The molecule has 4 heteroatoms. The van der Waals surface area contributed by atoms with Crippen LogP contribution in [0.5, 0.6) is 5.75 Å². The Morgan fingerprint density at radius 2 is 2.00 bits per heavy atom. The number of para-hydroxylation sites is 1. The van der Waals surface area contributed by atoms with Crippen LogP contribution in [0.15, 0.2) is 36.4 Å². The molecule has 0 heterocycles. The number of hydrogen-bond donors (Lipinski definition) is 1. The van der Waals surface area contributed by atoms with E-state index in [-0.39, 0.29) is 17.9 Å². The standard InChI is InChI=1S/C16H15FO3/c1-10-6-7-11(2)12(8-10)9-20-15-13(16(18)19)4-3-5-14(15)17/h3-8H,9H2,1-2H3,(H,18,19). The summed E-state index contributed by atoms with van der Waals surface area (Å²) in [5, 5.41) is 9.04. The molecule has 0 aliphatic carbocycles. The van der Waals surface area contributed by atoms with Crippen LogP contribution < -0.4 is 4.74 Å². The molecule has 104 valence electrons. The Labute approximate surface area is 116 Å². The van der Waals surface area contributed by atoms with Crippen LogP contribution in [0.2, 0.25) is 0 Å². The van der Waals surface area contributed by atoms with Gasteiger partial charge in [0.15, 0.2) is 11.6 Å². The number of benzene rings is 2. The quantitative estimate of drug-likeness (QED) is 0.924. The lowest BCUT2D eigenvalue weighted by molar-refractivity contribution is 0.0690. The largest absolute Gasteiger partial charge is 0.485 e. The summed E-state index contributed by atoms with van der Waals surface area (Å²) in [4.78, 5) is 11.1. The molecule has 1 N–H and O–H groups in total. The second kappa shape index (κ2) is 5.74. The first-order valence-electron chi connectivity index (χ1n) is 6.20. The molecule has 0 spiro atoms. The lowest BCUT2D eigenvalue weighted by Crippen LogP contribution is -2.06. The van der Waals surface area contributed by atoms with Crippen LogP contribution in [0, 0.1) is 19.7 Å². The van der Waals surface area contributed by atoms with Gasteiger partial charge in [-0.1, -0.05) is 29.8 Å². The van der Waals surface area contributed by atoms with Crippen molar-refractivity contribution in [2.45, 2.75) is 20.5 Å². The summed E-state index contributed by atoms with van der Waals surface area (Å²) in [6, 6.07) is 9.73. The lowest BCUT2D eigenvalue weighted by atomic mass is 10.1. The first-order valence-corrected chi connectivity index (χ1v) is 6.20. The summed E-state index contributed by atoms with van der Waals surface area (Å²) >= 11 is 0. The summed E-state index contributed by atoms with van der Waals surface area (Å²) in [6.45, 7) is 4.01. The van der Waals surface area contributed by atoms with E-state index < -0.39 is 11.8 Å².